The van der Waals surface area contributed by atoms with E-state index in [1.807, 2.05) is 12.1 Å². The van der Waals surface area contributed by atoms with Crippen molar-refractivity contribution in [1.82, 2.24) is 4.90 Å². The van der Waals surface area contributed by atoms with Crippen molar-refractivity contribution >= 4 is 21.6 Å². The van der Waals surface area contributed by atoms with Gasteiger partial charge in [0.25, 0.3) is 0 Å². The molecule has 0 saturated carbocycles. The summed E-state index contributed by atoms with van der Waals surface area (Å²) in [7, 11) is 0. The van der Waals surface area contributed by atoms with E-state index in [0.717, 1.165) is 49.6 Å². The number of hydrogen-bond acceptors (Lipinski definition) is 3. The van der Waals surface area contributed by atoms with Gasteiger partial charge in [-0.15, -0.1) is 0 Å². The van der Waals surface area contributed by atoms with E-state index in [2.05, 4.69) is 38.3 Å². The van der Waals surface area contributed by atoms with Crippen LogP contribution >= 0.6 is 15.9 Å². The number of hydrogen-bond donors (Lipinski definition) is 1. The summed E-state index contributed by atoms with van der Waals surface area (Å²) in [6.45, 7) is 5.90. The highest BCUT2D eigenvalue weighted by Crippen LogP contribution is 2.20. The number of benzene rings is 1. The summed E-state index contributed by atoms with van der Waals surface area (Å²) in [5.74, 6) is 0. The summed E-state index contributed by atoms with van der Waals surface area (Å²) >= 11 is 3.53. The molecule has 0 amide bonds. The van der Waals surface area contributed by atoms with Gasteiger partial charge in [0, 0.05) is 36.3 Å². The zero-order valence-electron chi connectivity index (χ0n) is 9.29. The molecule has 1 aromatic carbocycles. The van der Waals surface area contributed by atoms with Gasteiger partial charge in [0.2, 0.25) is 0 Å². The molecule has 3 nitrogen and oxygen atoms in total. The van der Waals surface area contributed by atoms with Crippen molar-refractivity contribution < 1.29 is 4.74 Å². The average molecular weight is 285 g/mol. The van der Waals surface area contributed by atoms with Crippen molar-refractivity contribution in [3.05, 3.63) is 28.7 Å². The van der Waals surface area contributed by atoms with E-state index in [-0.39, 0.29) is 0 Å². The quantitative estimate of drug-likeness (QED) is 0.918. The highest BCUT2D eigenvalue weighted by atomic mass is 79.9. The van der Waals surface area contributed by atoms with E-state index >= 15 is 0 Å². The maximum absolute atomic E-state index is 5.31. The first-order valence-electron chi connectivity index (χ1n) is 5.65. The molecule has 88 valence electrons. The summed E-state index contributed by atoms with van der Waals surface area (Å²) in [6, 6.07) is 8.21. The fourth-order valence-corrected chi connectivity index (χ4v) is 2.20. The van der Waals surface area contributed by atoms with Crippen LogP contribution in [0.1, 0.15) is 0 Å². The van der Waals surface area contributed by atoms with Gasteiger partial charge in [-0.2, -0.15) is 0 Å². The first kappa shape index (κ1) is 11.9. The minimum absolute atomic E-state index is 0.870. The molecule has 1 aliphatic heterocycles. The molecule has 0 atom stereocenters. The van der Waals surface area contributed by atoms with E-state index in [0.29, 0.717) is 0 Å². The van der Waals surface area contributed by atoms with Gasteiger partial charge in [-0.3, -0.25) is 4.90 Å². The molecule has 0 unspecified atom stereocenters. The molecule has 1 saturated heterocycles. The Morgan fingerprint density at radius 1 is 1.25 bits per heavy atom. The van der Waals surface area contributed by atoms with Crippen LogP contribution in [0.3, 0.4) is 0 Å². The standard InChI is InChI=1S/C12H17BrN2O/c13-11-3-1-2-4-12(11)14-5-6-15-7-9-16-10-8-15/h1-4,14H,5-10H2. The van der Waals surface area contributed by atoms with Crippen LogP contribution in [0.2, 0.25) is 0 Å². The monoisotopic (exact) mass is 284 g/mol. The third kappa shape index (κ3) is 3.47. The van der Waals surface area contributed by atoms with Crippen LogP contribution in [-0.4, -0.2) is 44.3 Å². The number of halogens is 1. The molecule has 0 aromatic heterocycles. The predicted molar refractivity (Wildman–Crippen MR) is 69.9 cm³/mol. The van der Waals surface area contributed by atoms with Crippen molar-refractivity contribution in [1.29, 1.82) is 0 Å². The summed E-state index contributed by atoms with van der Waals surface area (Å²) < 4.78 is 6.44. The van der Waals surface area contributed by atoms with Crippen LogP contribution in [0.15, 0.2) is 28.7 Å². The van der Waals surface area contributed by atoms with Crippen LogP contribution in [0.25, 0.3) is 0 Å². The van der Waals surface area contributed by atoms with Crippen molar-refractivity contribution in [3.8, 4) is 0 Å². The molecule has 0 spiro atoms. The van der Waals surface area contributed by atoms with Gasteiger partial charge >= 0.3 is 0 Å². The molecule has 4 heteroatoms. The average Bonchev–Trinajstić information content (AvgIpc) is 2.33. The van der Waals surface area contributed by atoms with Gasteiger partial charge in [-0.1, -0.05) is 12.1 Å². The van der Waals surface area contributed by atoms with E-state index in [4.69, 9.17) is 4.74 Å². The Bertz CT molecular complexity index is 327. The minimum Gasteiger partial charge on any atom is -0.383 e. The van der Waals surface area contributed by atoms with Gasteiger partial charge in [0.15, 0.2) is 0 Å². The molecule has 1 aromatic rings. The first-order valence-corrected chi connectivity index (χ1v) is 6.44. The molecule has 1 N–H and O–H groups in total. The number of nitrogens with zero attached hydrogens (tertiary/aromatic N) is 1. The highest BCUT2D eigenvalue weighted by Gasteiger charge is 2.09. The Hall–Kier alpha value is -0.580. The first-order chi connectivity index (χ1) is 7.86. The van der Waals surface area contributed by atoms with Crippen LogP contribution in [0, 0.1) is 0 Å². The van der Waals surface area contributed by atoms with Gasteiger partial charge in [-0.05, 0) is 28.1 Å². The van der Waals surface area contributed by atoms with Crippen molar-refractivity contribution in [2.75, 3.05) is 44.7 Å². The van der Waals surface area contributed by atoms with Gasteiger partial charge in [0.1, 0.15) is 0 Å². The summed E-state index contributed by atoms with van der Waals surface area (Å²) in [6.07, 6.45) is 0. The lowest BCUT2D eigenvalue weighted by molar-refractivity contribution is 0.0398. The normalized spacial score (nSPS) is 17.3. The third-order valence-corrected chi connectivity index (χ3v) is 3.41. The topological polar surface area (TPSA) is 24.5 Å². The van der Waals surface area contributed by atoms with Gasteiger partial charge in [0.05, 0.1) is 13.2 Å². The third-order valence-electron chi connectivity index (χ3n) is 2.72. The number of ether oxygens (including phenoxy) is 1. The number of anilines is 1. The second kappa shape index (κ2) is 6.23. The summed E-state index contributed by atoms with van der Waals surface area (Å²) in [5, 5.41) is 3.43. The zero-order chi connectivity index (χ0) is 11.2. The zero-order valence-corrected chi connectivity index (χ0v) is 10.9. The van der Waals surface area contributed by atoms with Crippen molar-refractivity contribution in [2.24, 2.45) is 0 Å². The molecule has 0 aliphatic carbocycles. The lowest BCUT2D eigenvalue weighted by atomic mass is 10.3. The highest BCUT2D eigenvalue weighted by molar-refractivity contribution is 9.10. The van der Waals surface area contributed by atoms with Crippen LogP contribution in [0.4, 0.5) is 5.69 Å². The van der Waals surface area contributed by atoms with Crippen LogP contribution in [0.5, 0.6) is 0 Å². The Morgan fingerprint density at radius 2 is 2.00 bits per heavy atom. The molecule has 1 aliphatic rings. The Labute approximate surface area is 105 Å². The van der Waals surface area contributed by atoms with E-state index < -0.39 is 0 Å². The van der Waals surface area contributed by atoms with E-state index in [1.165, 1.54) is 0 Å². The number of rotatable bonds is 4. The molecule has 1 fully saturated rings. The van der Waals surface area contributed by atoms with E-state index in [9.17, 15) is 0 Å². The number of morpholine rings is 1. The van der Waals surface area contributed by atoms with E-state index in [1.54, 1.807) is 0 Å². The Balaban J connectivity index is 1.73. The molecule has 0 bridgehead atoms. The fourth-order valence-electron chi connectivity index (χ4n) is 1.78. The van der Waals surface area contributed by atoms with Crippen LogP contribution in [-0.2, 0) is 4.74 Å². The smallest absolute Gasteiger partial charge is 0.0594 e. The fraction of sp³-hybridized carbons (Fsp3) is 0.500. The maximum Gasteiger partial charge on any atom is 0.0594 e. The Morgan fingerprint density at radius 3 is 2.75 bits per heavy atom. The molecular weight excluding hydrogens is 268 g/mol. The van der Waals surface area contributed by atoms with Gasteiger partial charge in [-0.25, -0.2) is 0 Å². The second-order valence-corrected chi connectivity index (χ2v) is 4.71. The molecule has 0 radical (unpaired) electrons. The number of nitrogens with one attached hydrogen (secondary N) is 1. The molecular formula is C12H17BrN2O. The molecule has 16 heavy (non-hydrogen) atoms. The van der Waals surface area contributed by atoms with Gasteiger partial charge < -0.3 is 10.1 Å². The minimum atomic E-state index is 0.870. The molecule has 1 heterocycles. The van der Waals surface area contributed by atoms with Crippen molar-refractivity contribution in [3.63, 3.8) is 0 Å². The molecule has 2 rings (SSSR count). The SMILES string of the molecule is Brc1ccccc1NCCN1CCOCC1. The summed E-state index contributed by atoms with van der Waals surface area (Å²) in [5.41, 5.74) is 1.16. The largest absolute Gasteiger partial charge is 0.383 e. The predicted octanol–water partition coefficient (Wildman–Crippen LogP) is 2.19. The van der Waals surface area contributed by atoms with Crippen molar-refractivity contribution in [2.45, 2.75) is 0 Å². The Kier molecular flexibility index (Phi) is 4.63. The lowest BCUT2D eigenvalue weighted by Crippen LogP contribution is -2.39. The maximum atomic E-state index is 5.31. The lowest BCUT2D eigenvalue weighted by Gasteiger charge is -2.26. The summed E-state index contributed by atoms with van der Waals surface area (Å²) in [4.78, 5) is 2.42. The second-order valence-electron chi connectivity index (χ2n) is 3.86. The van der Waals surface area contributed by atoms with Crippen LogP contribution < -0.4 is 5.32 Å². The number of para-hydroxylation sites is 1.